The first kappa shape index (κ1) is 16.4. The Labute approximate surface area is 129 Å². The van der Waals surface area contributed by atoms with Gasteiger partial charge in [0.05, 0.1) is 5.92 Å². The quantitative estimate of drug-likeness (QED) is 0.887. The average molecular weight is 307 g/mol. The SMILES string of the molecule is CN1CCN(C(=O)CCc2ccccc2F)CC(C(N)=O)C1. The minimum atomic E-state index is -0.388. The molecule has 22 heavy (non-hydrogen) atoms. The van der Waals surface area contributed by atoms with E-state index < -0.39 is 0 Å². The highest BCUT2D eigenvalue weighted by Gasteiger charge is 2.27. The number of nitrogens with zero attached hydrogens (tertiary/aromatic N) is 2. The van der Waals surface area contributed by atoms with Gasteiger partial charge in [0.1, 0.15) is 5.82 Å². The van der Waals surface area contributed by atoms with Crippen molar-refractivity contribution in [1.29, 1.82) is 0 Å². The summed E-state index contributed by atoms with van der Waals surface area (Å²) in [6.07, 6.45) is 0.592. The summed E-state index contributed by atoms with van der Waals surface area (Å²) in [5, 5.41) is 0. The Morgan fingerprint density at radius 2 is 2.00 bits per heavy atom. The molecule has 5 nitrogen and oxygen atoms in total. The van der Waals surface area contributed by atoms with Gasteiger partial charge in [-0.15, -0.1) is 0 Å². The second kappa shape index (κ2) is 7.35. The zero-order valence-corrected chi connectivity index (χ0v) is 12.8. The zero-order valence-electron chi connectivity index (χ0n) is 12.8. The lowest BCUT2D eigenvalue weighted by atomic mass is 10.1. The van der Waals surface area contributed by atoms with Crippen LogP contribution in [0.1, 0.15) is 12.0 Å². The molecule has 1 fully saturated rings. The number of benzene rings is 1. The fraction of sp³-hybridized carbons (Fsp3) is 0.500. The maximum absolute atomic E-state index is 13.6. The molecule has 2 rings (SSSR count). The van der Waals surface area contributed by atoms with E-state index in [0.29, 0.717) is 38.2 Å². The summed E-state index contributed by atoms with van der Waals surface area (Å²) in [5.41, 5.74) is 5.93. The minimum Gasteiger partial charge on any atom is -0.369 e. The van der Waals surface area contributed by atoms with Crippen molar-refractivity contribution < 1.29 is 14.0 Å². The lowest BCUT2D eigenvalue weighted by Crippen LogP contribution is -2.40. The summed E-state index contributed by atoms with van der Waals surface area (Å²) in [6.45, 7) is 2.17. The molecule has 1 heterocycles. The molecule has 1 unspecified atom stereocenters. The fourth-order valence-electron chi connectivity index (χ4n) is 2.68. The first-order valence-corrected chi connectivity index (χ1v) is 7.46. The number of aryl methyl sites for hydroxylation is 1. The third-order valence-corrected chi connectivity index (χ3v) is 4.05. The molecular formula is C16H22FN3O2. The Balaban J connectivity index is 1.96. The number of hydrogen-bond acceptors (Lipinski definition) is 3. The molecule has 120 valence electrons. The monoisotopic (exact) mass is 307 g/mol. The van der Waals surface area contributed by atoms with Gasteiger partial charge in [0.25, 0.3) is 0 Å². The van der Waals surface area contributed by atoms with Crippen LogP contribution in [0.2, 0.25) is 0 Å². The van der Waals surface area contributed by atoms with Crippen LogP contribution in [0.5, 0.6) is 0 Å². The van der Waals surface area contributed by atoms with Crippen LogP contribution in [0, 0.1) is 11.7 Å². The molecule has 1 aliphatic heterocycles. The van der Waals surface area contributed by atoms with Crippen LogP contribution in [0.25, 0.3) is 0 Å². The van der Waals surface area contributed by atoms with Crippen LogP contribution in [0.4, 0.5) is 4.39 Å². The lowest BCUT2D eigenvalue weighted by Gasteiger charge is -2.22. The van der Waals surface area contributed by atoms with E-state index in [0.717, 1.165) is 0 Å². The highest BCUT2D eigenvalue weighted by Crippen LogP contribution is 2.13. The zero-order chi connectivity index (χ0) is 16.1. The molecule has 0 saturated carbocycles. The minimum absolute atomic E-state index is 0.0650. The molecule has 2 amide bonds. The Morgan fingerprint density at radius 1 is 1.27 bits per heavy atom. The summed E-state index contributed by atoms with van der Waals surface area (Å²) in [6, 6.07) is 6.46. The van der Waals surface area contributed by atoms with Crippen LogP contribution >= 0.6 is 0 Å². The highest BCUT2D eigenvalue weighted by molar-refractivity contribution is 5.80. The first-order chi connectivity index (χ1) is 10.5. The molecule has 1 aliphatic rings. The molecule has 0 radical (unpaired) electrons. The summed E-state index contributed by atoms with van der Waals surface area (Å²) in [7, 11) is 1.91. The van der Waals surface area contributed by atoms with Crippen molar-refractivity contribution in [2.24, 2.45) is 11.7 Å². The Bertz CT molecular complexity index is 550. The maximum atomic E-state index is 13.6. The number of primary amides is 1. The van der Waals surface area contributed by atoms with Crippen LogP contribution in [-0.4, -0.2) is 54.8 Å². The number of amides is 2. The normalized spacial score (nSPS) is 19.7. The molecule has 1 saturated heterocycles. The number of halogens is 1. The molecule has 0 bridgehead atoms. The summed E-state index contributed by atoms with van der Waals surface area (Å²) >= 11 is 0. The third-order valence-electron chi connectivity index (χ3n) is 4.05. The van der Waals surface area contributed by atoms with E-state index in [1.165, 1.54) is 6.07 Å². The molecule has 1 aromatic rings. The van der Waals surface area contributed by atoms with Crippen molar-refractivity contribution in [3.63, 3.8) is 0 Å². The van der Waals surface area contributed by atoms with E-state index in [2.05, 4.69) is 0 Å². The molecule has 1 aromatic carbocycles. The second-order valence-electron chi connectivity index (χ2n) is 5.79. The van der Waals surface area contributed by atoms with Crippen molar-refractivity contribution in [2.45, 2.75) is 12.8 Å². The van der Waals surface area contributed by atoms with Crippen molar-refractivity contribution >= 4 is 11.8 Å². The van der Waals surface area contributed by atoms with Crippen LogP contribution in [0.15, 0.2) is 24.3 Å². The molecule has 2 N–H and O–H groups in total. The number of carbonyl (C=O) groups excluding carboxylic acids is 2. The maximum Gasteiger partial charge on any atom is 0.223 e. The first-order valence-electron chi connectivity index (χ1n) is 7.46. The topological polar surface area (TPSA) is 66.6 Å². The molecule has 0 aromatic heterocycles. The van der Waals surface area contributed by atoms with E-state index in [4.69, 9.17) is 5.73 Å². The smallest absolute Gasteiger partial charge is 0.223 e. The van der Waals surface area contributed by atoms with Gasteiger partial charge in [-0.2, -0.15) is 0 Å². The van der Waals surface area contributed by atoms with Gasteiger partial charge >= 0.3 is 0 Å². The third kappa shape index (κ3) is 4.27. The standard InChI is InChI=1S/C16H22FN3O2/c1-19-8-9-20(11-13(10-19)16(18)22)15(21)7-6-12-4-2-3-5-14(12)17/h2-5,13H,6-11H2,1H3,(H2,18,22). The van der Waals surface area contributed by atoms with Crippen molar-refractivity contribution in [3.05, 3.63) is 35.6 Å². The van der Waals surface area contributed by atoms with Crippen LogP contribution < -0.4 is 5.73 Å². The fourth-order valence-corrected chi connectivity index (χ4v) is 2.68. The number of carbonyl (C=O) groups is 2. The van der Waals surface area contributed by atoms with E-state index in [-0.39, 0.29) is 30.0 Å². The number of hydrogen-bond donors (Lipinski definition) is 1. The van der Waals surface area contributed by atoms with Crippen LogP contribution in [-0.2, 0) is 16.0 Å². The summed E-state index contributed by atoms with van der Waals surface area (Å²) < 4.78 is 13.6. The Kier molecular flexibility index (Phi) is 5.49. The molecule has 1 atom stereocenters. The van der Waals surface area contributed by atoms with E-state index >= 15 is 0 Å². The van der Waals surface area contributed by atoms with Gasteiger partial charge in [-0.1, -0.05) is 18.2 Å². The Hall–Kier alpha value is -1.95. The molecule has 6 heteroatoms. The highest BCUT2D eigenvalue weighted by atomic mass is 19.1. The van der Waals surface area contributed by atoms with Gasteiger partial charge in [-0.3, -0.25) is 9.59 Å². The Morgan fingerprint density at radius 3 is 2.68 bits per heavy atom. The predicted octanol–water partition coefficient (Wildman–Crippen LogP) is 0.634. The molecular weight excluding hydrogens is 285 g/mol. The van der Waals surface area contributed by atoms with Crippen molar-refractivity contribution in [2.75, 3.05) is 33.2 Å². The van der Waals surface area contributed by atoms with Crippen molar-refractivity contribution in [1.82, 2.24) is 9.80 Å². The second-order valence-corrected chi connectivity index (χ2v) is 5.79. The number of rotatable bonds is 4. The van der Waals surface area contributed by atoms with Gasteiger partial charge < -0.3 is 15.5 Å². The largest absolute Gasteiger partial charge is 0.369 e. The van der Waals surface area contributed by atoms with Gasteiger partial charge in [0, 0.05) is 32.6 Å². The predicted molar refractivity (Wildman–Crippen MR) is 81.5 cm³/mol. The van der Waals surface area contributed by atoms with E-state index in [9.17, 15) is 14.0 Å². The molecule has 0 spiro atoms. The van der Waals surface area contributed by atoms with Gasteiger partial charge in [0.15, 0.2) is 0 Å². The van der Waals surface area contributed by atoms with Gasteiger partial charge in [0.2, 0.25) is 11.8 Å². The van der Waals surface area contributed by atoms with E-state index in [1.807, 2.05) is 11.9 Å². The average Bonchev–Trinajstić information content (AvgIpc) is 2.68. The lowest BCUT2D eigenvalue weighted by molar-refractivity contribution is -0.132. The van der Waals surface area contributed by atoms with Gasteiger partial charge in [-0.25, -0.2) is 4.39 Å². The number of nitrogens with two attached hydrogens (primary N) is 1. The van der Waals surface area contributed by atoms with Crippen molar-refractivity contribution in [3.8, 4) is 0 Å². The van der Waals surface area contributed by atoms with Gasteiger partial charge in [-0.05, 0) is 25.1 Å². The van der Waals surface area contributed by atoms with Crippen LogP contribution in [0.3, 0.4) is 0 Å². The van der Waals surface area contributed by atoms with E-state index in [1.54, 1.807) is 23.1 Å². The summed E-state index contributed by atoms with van der Waals surface area (Å²) in [5.74, 6) is -1.10. The number of likely N-dealkylation sites (N-methyl/N-ethyl adjacent to an activating group) is 1. The molecule has 0 aliphatic carbocycles. The summed E-state index contributed by atoms with van der Waals surface area (Å²) in [4.78, 5) is 27.5.